The smallest absolute Gasteiger partial charge is 0.187 e. The van der Waals surface area contributed by atoms with Crippen molar-refractivity contribution in [2.75, 3.05) is 5.73 Å². The van der Waals surface area contributed by atoms with Gasteiger partial charge in [0.05, 0.1) is 5.02 Å². The van der Waals surface area contributed by atoms with Crippen LogP contribution in [0.15, 0.2) is 40.9 Å². The van der Waals surface area contributed by atoms with E-state index in [1.165, 1.54) is 16.8 Å². The second-order valence-corrected chi connectivity index (χ2v) is 5.52. The van der Waals surface area contributed by atoms with Gasteiger partial charge >= 0.3 is 0 Å². The van der Waals surface area contributed by atoms with Crippen molar-refractivity contribution >= 4 is 33.2 Å². The van der Waals surface area contributed by atoms with Crippen LogP contribution in [0.5, 0.6) is 0 Å². The van der Waals surface area contributed by atoms with Gasteiger partial charge in [-0.3, -0.25) is 0 Å². The third kappa shape index (κ3) is 2.62. The van der Waals surface area contributed by atoms with E-state index in [2.05, 4.69) is 31.5 Å². The number of nitrogens with two attached hydrogens (primary N) is 1. The molecule has 1 heterocycles. The Hall–Kier alpha value is -1.99. The van der Waals surface area contributed by atoms with Gasteiger partial charge in [0.25, 0.3) is 0 Å². The van der Waals surface area contributed by atoms with Gasteiger partial charge in [0.15, 0.2) is 5.82 Å². The van der Waals surface area contributed by atoms with Crippen molar-refractivity contribution < 1.29 is 4.39 Å². The summed E-state index contributed by atoms with van der Waals surface area (Å²) in [5.74, 6) is 0.0296. The zero-order valence-corrected chi connectivity index (χ0v) is 12.8. The highest BCUT2D eigenvalue weighted by atomic mass is 79.9. The number of rotatable bonds is 2. The number of aromatic nitrogens is 4. The van der Waals surface area contributed by atoms with Crippen molar-refractivity contribution in [1.82, 2.24) is 20.2 Å². The highest BCUT2D eigenvalue weighted by molar-refractivity contribution is 9.10. The summed E-state index contributed by atoms with van der Waals surface area (Å²) in [6.07, 6.45) is 0. The Labute approximate surface area is 132 Å². The summed E-state index contributed by atoms with van der Waals surface area (Å²) in [4.78, 5) is 0. The van der Waals surface area contributed by atoms with Crippen LogP contribution in [0.1, 0.15) is 0 Å². The van der Waals surface area contributed by atoms with Crippen LogP contribution in [-0.4, -0.2) is 20.2 Å². The van der Waals surface area contributed by atoms with E-state index in [-0.39, 0.29) is 5.02 Å². The number of hydrogen-bond donors (Lipinski definition) is 1. The number of hydrogen-bond acceptors (Lipinski definition) is 4. The molecule has 8 heteroatoms. The molecule has 0 aliphatic heterocycles. The van der Waals surface area contributed by atoms with Crippen LogP contribution >= 0.6 is 27.5 Å². The van der Waals surface area contributed by atoms with Crippen LogP contribution in [0.4, 0.5) is 10.1 Å². The monoisotopic (exact) mass is 367 g/mol. The largest absolute Gasteiger partial charge is 0.399 e. The Bertz CT molecular complexity index is 780. The number of benzene rings is 2. The standard InChI is InChI=1S/C13H8BrClFN5/c14-10-5-8(16)6-11(15)12(10)21-13(18-19-20-21)7-1-3-9(17)4-2-7/h1-6H,17H2. The molecule has 1 aromatic heterocycles. The number of tetrazole rings is 1. The van der Waals surface area contributed by atoms with Gasteiger partial charge in [0.1, 0.15) is 11.5 Å². The normalized spacial score (nSPS) is 10.8. The molecule has 2 N–H and O–H groups in total. The van der Waals surface area contributed by atoms with E-state index >= 15 is 0 Å². The van der Waals surface area contributed by atoms with Gasteiger partial charge in [0, 0.05) is 15.7 Å². The SMILES string of the molecule is Nc1ccc(-c2nnnn2-c2c(Cl)cc(F)cc2Br)cc1. The Balaban J connectivity index is 2.18. The summed E-state index contributed by atoms with van der Waals surface area (Å²) in [6, 6.07) is 9.59. The van der Waals surface area contributed by atoms with Crippen LogP contribution in [0, 0.1) is 5.82 Å². The van der Waals surface area contributed by atoms with Crippen LogP contribution in [0.3, 0.4) is 0 Å². The van der Waals surface area contributed by atoms with Crippen molar-refractivity contribution in [2.45, 2.75) is 0 Å². The average Bonchev–Trinajstić information content (AvgIpc) is 2.87. The second-order valence-electron chi connectivity index (χ2n) is 4.25. The molecule has 2 aromatic carbocycles. The molecule has 0 spiro atoms. The lowest BCUT2D eigenvalue weighted by atomic mass is 10.2. The maximum absolute atomic E-state index is 13.3. The van der Waals surface area contributed by atoms with E-state index in [4.69, 9.17) is 17.3 Å². The van der Waals surface area contributed by atoms with Gasteiger partial charge in [-0.2, -0.15) is 4.68 Å². The molecule has 0 saturated heterocycles. The summed E-state index contributed by atoms with van der Waals surface area (Å²) in [7, 11) is 0. The third-order valence-electron chi connectivity index (χ3n) is 2.83. The zero-order valence-electron chi connectivity index (χ0n) is 10.5. The minimum atomic E-state index is -0.447. The minimum Gasteiger partial charge on any atom is -0.399 e. The number of nitrogen functional groups attached to an aromatic ring is 1. The minimum absolute atomic E-state index is 0.200. The van der Waals surface area contributed by atoms with Crippen LogP contribution in [0.25, 0.3) is 17.1 Å². The second kappa shape index (κ2) is 5.42. The van der Waals surface area contributed by atoms with Crippen molar-refractivity contribution in [3.8, 4) is 17.1 Å². The molecule has 106 valence electrons. The molecular weight excluding hydrogens is 361 g/mol. The summed E-state index contributed by atoms with van der Waals surface area (Å²) in [5, 5.41) is 11.8. The highest BCUT2D eigenvalue weighted by Crippen LogP contribution is 2.32. The zero-order chi connectivity index (χ0) is 15.0. The maximum atomic E-state index is 13.3. The lowest BCUT2D eigenvalue weighted by molar-refractivity contribution is 0.626. The molecule has 0 fully saturated rings. The molecule has 0 saturated carbocycles. The predicted octanol–water partition coefficient (Wildman–Crippen LogP) is 3.47. The van der Waals surface area contributed by atoms with Gasteiger partial charge in [0.2, 0.25) is 0 Å². The fourth-order valence-electron chi connectivity index (χ4n) is 1.89. The van der Waals surface area contributed by atoms with Crippen molar-refractivity contribution in [2.24, 2.45) is 0 Å². The van der Waals surface area contributed by atoms with Crippen LogP contribution in [0.2, 0.25) is 5.02 Å². The Morgan fingerprint density at radius 1 is 1.19 bits per heavy atom. The van der Waals surface area contributed by atoms with E-state index in [9.17, 15) is 4.39 Å². The highest BCUT2D eigenvalue weighted by Gasteiger charge is 2.17. The topological polar surface area (TPSA) is 69.6 Å². The van der Waals surface area contributed by atoms with E-state index in [0.29, 0.717) is 21.7 Å². The first-order valence-corrected chi connectivity index (χ1v) is 7.02. The number of nitrogens with zero attached hydrogens (tertiary/aromatic N) is 4. The summed E-state index contributed by atoms with van der Waals surface area (Å²) >= 11 is 9.38. The first-order valence-electron chi connectivity index (χ1n) is 5.85. The molecule has 0 bridgehead atoms. The third-order valence-corrected chi connectivity index (χ3v) is 3.72. The molecule has 3 aromatic rings. The van der Waals surface area contributed by atoms with E-state index < -0.39 is 5.82 Å². The van der Waals surface area contributed by atoms with E-state index in [1.807, 2.05) is 0 Å². The van der Waals surface area contributed by atoms with Gasteiger partial charge in [-0.25, -0.2) is 4.39 Å². The number of halogens is 3. The molecule has 0 aliphatic carbocycles. The molecule has 5 nitrogen and oxygen atoms in total. The molecule has 21 heavy (non-hydrogen) atoms. The molecule has 0 amide bonds. The van der Waals surface area contributed by atoms with Gasteiger partial charge in [-0.1, -0.05) is 11.6 Å². The Morgan fingerprint density at radius 3 is 2.57 bits per heavy atom. The first-order chi connectivity index (χ1) is 10.1. The van der Waals surface area contributed by atoms with Crippen molar-refractivity contribution in [3.05, 3.63) is 51.7 Å². The molecular formula is C13H8BrClFN5. The predicted molar refractivity (Wildman–Crippen MR) is 81.7 cm³/mol. The molecule has 0 atom stereocenters. The van der Waals surface area contributed by atoms with E-state index in [0.717, 1.165) is 5.56 Å². The van der Waals surface area contributed by atoms with Gasteiger partial charge in [-0.15, -0.1) is 5.10 Å². The van der Waals surface area contributed by atoms with Gasteiger partial charge < -0.3 is 5.73 Å². The number of anilines is 1. The van der Waals surface area contributed by atoms with Crippen LogP contribution < -0.4 is 5.73 Å². The van der Waals surface area contributed by atoms with Crippen molar-refractivity contribution in [3.63, 3.8) is 0 Å². The molecule has 0 unspecified atom stereocenters. The summed E-state index contributed by atoms with van der Waals surface area (Å²) in [6.45, 7) is 0. The molecule has 0 aliphatic rings. The fraction of sp³-hybridized carbons (Fsp3) is 0. The summed E-state index contributed by atoms with van der Waals surface area (Å²) < 4.78 is 15.2. The lowest BCUT2D eigenvalue weighted by Crippen LogP contribution is -2.02. The van der Waals surface area contributed by atoms with Crippen molar-refractivity contribution in [1.29, 1.82) is 0 Å². The fourth-order valence-corrected chi connectivity index (χ4v) is 2.89. The summed E-state index contributed by atoms with van der Waals surface area (Å²) in [5.41, 5.74) is 7.54. The first kappa shape index (κ1) is 14.0. The average molecular weight is 369 g/mol. The van der Waals surface area contributed by atoms with E-state index in [1.54, 1.807) is 24.3 Å². The quantitative estimate of drug-likeness (QED) is 0.703. The van der Waals surface area contributed by atoms with Crippen LogP contribution in [-0.2, 0) is 0 Å². The maximum Gasteiger partial charge on any atom is 0.187 e. The molecule has 3 rings (SSSR count). The Morgan fingerprint density at radius 2 is 1.90 bits per heavy atom. The molecule has 0 radical (unpaired) electrons. The Kier molecular flexibility index (Phi) is 3.60. The van der Waals surface area contributed by atoms with Gasteiger partial charge in [-0.05, 0) is 62.8 Å². The lowest BCUT2D eigenvalue weighted by Gasteiger charge is -2.09.